The smallest absolute Gasteiger partial charge is 0.410 e. The molecule has 1 aliphatic heterocycles. The second kappa shape index (κ2) is 7.09. The lowest BCUT2D eigenvalue weighted by Crippen LogP contribution is -2.42. The molecule has 0 N–H and O–H groups in total. The first-order valence-electron chi connectivity index (χ1n) is 7.55. The zero-order chi connectivity index (χ0) is 17.0. The lowest BCUT2D eigenvalue weighted by atomic mass is 10.2. The molecule has 1 amide bonds. The van der Waals surface area contributed by atoms with Crippen LogP contribution in [0.3, 0.4) is 0 Å². The van der Waals surface area contributed by atoms with Crippen molar-refractivity contribution in [1.82, 2.24) is 9.88 Å². The predicted molar refractivity (Wildman–Crippen MR) is 86.2 cm³/mol. The van der Waals surface area contributed by atoms with Crippen molar-refractivity contribution in [2.75, 3.05) is 12.3 Å². The summed E-state index contributed by atoms with van der Waals surface area (Å²) in [4.78, 5) is 17.9. The molecule has 1 aliphatic rings. The van der Waals surface area contributed by atoms with Gasteiger partial charge in [0.25, 0.3) is 0 Å². The minimum Gasteiger partial charge on any atom is -0.444 e. The molecule has 7 heteroatoms. The maximum absolute atomic E-state index is 12.6. The van der Waals surface area contributed by atoms with E-state index < -0.39 is 16.4 Å². The molecular weight excluding hydrogens is 314 g/mol. The van der Waals surface area contributed by atoms with Crippen LogP contribution in [0.15, 0.2) is 23.4 Å². The van der Waals surface area contributed by atoms with E-state index in [1.165, 1.54) is 6.20 Å². The Morgan fingerprint density at radius 3 is 2.96 bits per heavy atom. The van der Waals surface area contributed by atoms with Crippen LogP contribution in [0, 0.1) is 11.3 Å². The van der Waals surface area contributed by atoms with Gasteiger partial charge in [0, 0.05) is 18.8 Å². The molecule has 1 aromatic heterocycles. The minimum absolute atomic E-state index is 0.153. The Kier molecular flexibility index (Phi) is 5.37. The molecule has 124 valence electrons. The second-order valence-electron chi connectivity index (χ2n) is 6.45. The zero-order valence-corrected chi connectivity index (χ0v) is 14.4. The summed E-state index contributed by atoms with van der Waals surface area (Å²) in [7, 11) is -1.43. The number of pyridine rings is 1. The lowest BCUT2D eigenvalue weighted by Gasteiger charge is -2.28. The van der Waals surface area contributed by atoms with Crippen molar-refractivity contribution in [2.24, 2.45) is 0 Å². The van der Waals surface area contributed by atoms with Crippen LogP contribution in [0.25, 0.3) is 0 Å². The number of rotatable bonds is 3. The Labute approximate surface area is 138 Å². The van der Waals surface area contributed by atoms with Crippen molar-refractivity contribution in [3.63, 3.8) is 0 Å². The quantitative estimate of drug-likeness (QED) is 0.847. The van der Waals surface area contributed by atoms with Gasteiger partial charge in [-0.05, 0) is 45.7 Å². The van der Waals surface area contributed by atoms with Crippen molar-refractivity contribution >= 4 is 16.9 Å². The zero-order valence-electron chi connectivity index (χ0n) is 13.6. The first-order valence-corrected chi connectivity index (χ1v) is 8.87. The Bertz CT molecular complexity index is 649. The molecular formula is C16H21N3O3S. The van der Waals surface area contributed by atoms with Crippen molar-refractivity contribution in [3.05, 3.63) is 23.9 Å². The third-order valence-electron chi connectivity index (χ3n) is 3.46. The van der Waals surface area contributed by atoms with Crippen LogP contribution >= 0.6 is 0 Å². The number of ether oxygens (including phenoxy) is 1. The summed E-state index contributed by atoms with van der Waals surface area (Å²) >= 11 is 0. The molecule has 0 spiro atoms. The summed E-state index contributed by atoms with van der Waals surface area (Å²) in [6.45, 7) is 6.06. The van der Waals surface area contributed by atoms with Gasteiger partial charge in [-0.25, -0.2) is 9.78 Å². The maximum atomic E-state index is 12.6. The van der Waals surface area contributed by atoms with Gasteiger partial charge in [0.15, 0.2) is 0 Å². The monoisotopic (exact) mass is 335 g/mol. The minimum atomic E-state index is -1.43. The maximum Gasteiger partial charge on any atom is 0.410 e. The molecule has 0 aromatic carbocycles. The van der Waals surface area contributed by atoms with Gasteiger partial charge in [-0.15, -0.1) is 0 Å². The van der Waals surface area contributed by atoms with Crippen LogP contribution in [-0.2, 0) is 15.5 Å². The molecule has 2 atom stereocenters. The van der Waals surface area contributed by atoms with E-state index in [1.54, 1.807) is 17.0 Å². The Hall–Kier alpha value is -1.94. The third-order valence-corrected chi connectivity index (χ3v) is 4.90. The fraction of sp³-hybridized carbons (Fsp3) is 0.562. The van der Waals surface area contributed by atoms with E-state index in [0.717, 1.165) is 12.8 Å². The molecule has 0 saturated carbocycles. The number of likely N-dealkylation sites (tertiary alicyclic amines) is 1. The van der Waals surface area contributed by atoms with Gasteiger partial charge in [0.05, 0.1) is 22.1 Å². The van der Waals surface area contributed by atoms with Crippen molar-refractivity contribution in [1.29, 1.82) is 5.26 Å². The number of aromatic nitrogens is 1. The van der Waals surface area contributed by atoms with Crippen LogP contribution in [0.5, 0.6) is 0 Å². The second-order valence-corrected chi connectivity index (χ2v) is 7.86. The molecule has 2 rings (SSSR count). The van der Waals surface area contributed by atoms with E-state index in [2.05, 4.69) is 4.98 Å². The average molecular weight is 335 g/mol. The van der Waals surface area contributed by atoms with E-state index >= 15 is 0 Å². The van der Waals surface area contributed by atoms with Crippen molar-refractivity contribution in [3.8, 4) is 6.07 Å². The van der Waals surface area contributed by atoms with Crippen molar-refractivity contribution in [2.45, 2.75) is 50.3 Å². The highest BCUT2D eigenvalue weighted by Crippen LogP contribution is 2.23. The van der Waals surface area contributed by atoms with Crippen LogP contribution < -0.4 is 0 Å². The number of carbonyl (C=O) groups is 1. The summed E-state index contributed by atoms with van der Waals surface area (Å²) in [5.41, 5.74) is -0.245. The highest BCUT2D eigenvalue weighted by Gasteiger charge is 2.33. The fourth-order valence-electron chi connectivity index (χ4n) is 2.48. The Morgan fingerprint density at radius 1 is 1.57 bits per heavy atom. The first kappa shape index (κ1) is 17.4. The van der Waals surface area contributed by atoms with Gasteiger partial charge >= 0.3 is 6.09 Å². The van der Waals surface area contributed by atoms with Gasteiger partial charge in [-0.2, -0.15) is 5.26 Å². The van der Waals surface area contributed by atoms with Crippen LogP contribution in [0.4, 0.5) is 4.79 Å². The topological polar surface area (TPSA) is 83.3 Å². The van der Waals surface area contributed by atoms with E-state index in [9.17, 15) is 9.00 Å². The number of hydrogen-bond acceptors (Lipinski definition) is 5. The molecule has 6 nitrogen and oxygen atoms in total. The first-order chi connectivity index (χ1) is 10.8. The third kappa shape index (κ3) is 4.52. The SMILES string of the molecule is CC(C)(C)OC(=O)N1CCC[C@@H]1C[S@](=O)c1ncccc1C#N. The molecule has 1 aromatic rings. The molecule has 23 heavy (non-hydrogen) atoms. The predicted octanol–water partition coefficient (Wildman–Crippen LogP) is 2.46. The van der Waals surface area contributed by atoms with Crippen LogP contribution in [0.1, 0.15) is 39.2 Å². The van der Waals surface area contributed by atoms with Crippen LogP contribution in [0.2, 0.25) is 0 Å². The molecule has 0 radical (unpaired) electrons. The number of carbonyl (C=O) groups excluding carboxylic acids is 1. The molecule has 1 fully saturated rings. The number of amides is 1. The van der Waals surface area contributed by atoms with E-state index in [-0.39, 0.29) is 22.9 Å². The Balaban J connectivity index is 2.08. The standard InChI is InChI=1S/C16H21N3O3S/c1-16(2,3)22-15(20)19-9-5-7-13(19)11-23(21)14-12(10-17)6-4-8-18-14/h4,6,8,13H,5,7,9,11H2,1-3H3/t13-,23+/m1/s1. The van der Waals surface area contributed by atoms with E-state index in [0.29, 0.717) is 12.1 Å². The summed E-state index contributed by atoms with van der Waals surface area (Å²) in [6, 6.07) is 5.09. The normalized spacial score (nSPS) is 19.2. The van der Waals surface area contributed by atoms with Crippen LogP contribution in [-0.4, -0.2) is 44.1 Å². The van der Waals surface area contributed by atoms with E-state index in [4.69, 9.17) is 10.00 Å². The fourth-order valence-corrected chi connectivity index (χ4v) is 3.87. The number of nitriles is 1. The summed E-state index contributed by atoms with van der Waals surface area (Å²) < 4.78 is 18.0. The average Bonchev–Trinajstić information content (AvgIpc) is 2.93. The van der Waals surface area contributed by atoms with Gasteiger partial charge in [-0.1, -0.05) is 0 Å². The van der Waals surface area contributed by atoms with Gasteiger partial charge in [-0.3, -0.25) is 4.21 Å². The number of hydrogen-bond donors (Lipinski definition) is 0. The van der Waals surface area contributed by atoms with Crippen molar-refractivity contribution < 1.29 is 13.7 Å². The number of nitrogens with zero attached hydrogens (tertiary/aromatic N) is 3. The summed E-state index contributed by atoms with van der Waals surface area (Å²) in [5, 5.41) is 9.37. The Morgan fingerprint density at radius 2 is 2.30 bits per heavy atom. The van der Waals surface area contributed by atoms with Gasteiger partial charge in [0.1, 0.15) is 16.7 Å². The summed E-state index contributed by atoms with van der Waals surface area (Å²) in [6.07, 6.45) is 2.78. The summed E-state index contributed by atoms with van der Waals surface area (Å²) in [5.74, 6) is 0.269. The highest BCUT2D eigenvalue weighted by atomic mass is 32.2. The molecule has 0 bridgehead atoms. The molecule has 0 unspecified atom stereocenters. The molecule has 0 aliphatic carbocycles. The van der Waals surface area contributed by atoms with Gasteiger partial charge < -0.3 is 9.64 Å². The molecule has 2 heterocycles. The van der Waals surface area contributed by atoms with E-state index in [1.807, 2.05) is 26.8 Å². The lowest BCUT2D eigenvalue weighted by molar-refractivity contribution is 0.0241. The molecule has 1 saturated heterocycles. The van der Waals surface area contributed by atoms with Gasteiger partial charge in [0.2, 0.25) is 0 Å². The highest BCUT2D eigenvalue weighted by molar-refractivity contribution is 7.85. The largest absolute Gasteiger partial charge is 0.444 e.